The van der Waals surface area contributed by atoms with Gasteiger partial charge in [0.15, 0.2) is 0 Å². The van der Waals surface area contributed by atoms with E-state index in [-0.39, 0.29) is 22.9 Å². The molecule has 3 rings (SSSR count). The number of rotatable bonds is 9. The van der Waals surface area contributed by atoms with Crippen molar-refractivity contribution < 1.29 is 50.5 Å². The lowest BCUT2D eigenvalue weighted by Gasteiger charge is -2.30. The fraction of sp³-hybridized carbons (Fsp3) is 0.269. The van der Waals surface area contributed by atoms with E-state index in [1.165, 1.54) is 44.5 Å². The first-order chi connectivity index (χ1) is 19.3. The quantitative estimate of drug-likeness (QED) is 0.0829. The van der Waals surface area contributed by atoms with Crippen molar-refractivity contribution in [1.82, 2.24) is 0 Å². The third kappa shape index (κ3) is 7.42. The van der Waals surface area contributed by atoms with Crippen LogP contribution in [-0.4, -0.2) is 31.0 Å². The fourth-order valence-corrected chi connectivity index (χ4v) is 6.70. The molecule has 0 spiro atoms. The Labute approximate surface area is 235 Å². The maximum absolute atomic E-state index is 13.5. The van der Waals surface area contributed by atoms with Gasteiger partial charge in [0.25, 0.3) is 11.4 Å². The third-order valence-corrected chi connectivity index (χ3v) is 9.65. The van der Waals surface area contributed by atoms with Crippen LogP contribution in [0.4, 0.5) is 37.7 Å². The van der Waals surface area contributed by atoms with Gasteiger partial charge in [0.2, 0.25) is 0 Å². The molecule has 0 aliphatic rings. The van der Waals surface area contributed by atoms with Gasteiger partial charge in [-0.25, -0.2) is 4.79 Å². The lowest BCUT2D eigenvalue weighted by atomic mass is 10.1. The van der Waals surface area contributed by atoms with Crippen molar-refractivity contribution >= 4 is 30.6 Å². The number of carbonyl (C=O) groups is 1. The lowest BCUT2D eigenvalue weighted by molar-refractivity contribution is -0.394. The van der Waals surface area contributed by atoms with Crippen LogP contribution in [0, 0.1) is 20.2 Å². The van der Waals surface area contributed by atoms with E-state index in [1.54, 1.807) is 0 Å². The summed E-state index contributed by atoms with van der Waals surface area (Å²) in [6, 6.07) is 9.17. The van der Waals surface area contributed by atoms with Crippen LogP contribution in [0.25, 0.3) is 0 Å². The van der Waals surface area contributed by atoms with Crippen LogP contribution in [0.2, 0.25) is 19.1 Å². The SMILES string of the molecule is COc1ccc(C(C[Si](C)(C)c2cc(C(F)(F)F)cc(C(F)(F)F)c2)OC(=O)c2ccc([N+](=O)[O-])cc2[N+](=O)[O-])cc1. The molecule has 0 aliphatic heterocycles. The number of alkyl halides is 6. The number of nitrogens with zero attached hydrogens (tertiary/aromatic N) is 2. The average Bonchev–Trinajstić information content (AvgIpc) is 2.90. The van der Waals surface area contributed by atoms with Gasteiger partial charge in [0.05, 0.1) is 42.2 Å². The van der Waals surface area contributed by atoms with E-state index in [9.17, 15) is 51.4 Å². The minimum absolute atomic E-state index is 0.0166. The van der Waals surface area contributed by atoms with E-state index in [1.807, 2.05) is 0 Å². The molecule has 0 saturated carbocycles. The molecule has 0 amide bonds. The summed E-state index contributed by atoms with van der Waals surface area (Å²) in [5.74, 6) is -0.888. The molecule has 9 nitrogen and oxygen atoms in total. The second-order valence-corrected chi connectivity index (χ2v) is 14.5. The molecule has 0 aliphatic carbocycles. The zero-order chi connectivity index (χ0) is 31.6. The maximum Gasteiger partial charge on any atom is 0.416 e. The van der Waals surface area contributed by atoms with Crippen molar-refractivity contribution in [2.75, 3.05) is 7.11 Å². The standard InChI is InChI=1S/C26H22F6N2O7Si/c1-40-19-7-4-15(5-8-19)23(41-24(35)21-9-6-18(33(36)37)13-22(21)34(38)39)14-42(2,3)20-11-16(25(27,28)29)10-17(12-20)26(30,31)32/h4-13,23H,14H2,1-3H3. The molecule has 0 aromatic heterocycles. The summed E-state index contributed by atoms with van der Waals surface area (Å²) in [5.41, 5.74) is -4.94. The highest BCUT2D eigenvalue weighted by Crippen LogP contribution is 2.37. The van der Waals surface area contributed by atoms with Crippen molar-refractivity contribution in [3.8, 4) is 5.75 Å². The number of hydrogen-bond acceptors (Lipinski definition) is 7. The van der Waals surface area contributed by atoms with E-state index in [0.29, 0.717) is 23.9 Å². The van der Waals surface area contributed by atoms with Gasteiger partial charge in [-0.15, -0.1) is 0 Å². The molecule has 1 atom stereocenters. The number of ether oxygens (including phenoxy) is 2. The highest BCUT2D eigenvalue weighted by Gasteiger charge is 2.40. The van der Waals surface area contributed by atoms with Crippen molar-refractivity contribution in [3.05, 3.63) is 103 Å². The molecule has 0 radical (unpaired) electrons. The Bertz CT molecular complexity index is 1480. The average molecular weight is 617 g/mol. The fourth-order valence-electron chi connectivity index (χ4n) is 4.12. The van der Waals surface area contributed by atoms with Crippen molar-refractivity contribution in [2.45, 2.75) is 37.6 Å². The number of halogens is 6. The van der Waals surface area contributed by atoms with Gasteiger partial charge < -0.3 is 9.47 Å². The topological polar surface area (TPSA) is 122 Å². The van der Waals surface area contributed by atoms with E-state index >= 15 is 0 Å². The van der Waals surface area contributed by atoms with E-state index in [0.717, 1.165) is 12.1 Å². The van der Waals surface area contributed by atoms with Gasteiger partial charge >= 0.3 is 18.3 Å². The normalized spacial score (nSPS) is 12.9. The molecular weight excluding hydrogens is 594 g/mol. The highest BCUT2D eigenvalue weighted by molar-refractivity contribution is 6.89. The maximum atomic E-state index is 13.5. The zero-order valence-corrected chi connectivity index (χ0v) is 23.1. The number of nitro benzene ring substituents is 2. The third-order valence-electron chi connectivity index (χ3n) is 6.41. The Morgan fingerprint density at radius 2 is 1.40 bits per heavy atom. The van der Waals surface area contributed by atoms with Gasteiger partial charge in [-0.2, -0.15) is 26.3 Å². The van der Waals surface area contributed by atoms with E-state index in [4.69, 9.17) is 9.47 Å². The Morgan fingerprint density at radius 3 is 1.86 bits per heavy atom. The minimum Gasteiger partial charge on any atom is -0.497 e. The zero-order valence-electron chi connectivity index (χ0n) is 22.1. The van der Waals surface area contributed by atoms with Gasteiger partial charge in [-0.1, -0.05) is 42.5 Å². The molecule has 0 saturated heterocycles. The van der Waals surface area contributed by atoms with E-state index < -0.39 is 70.4 Å². The molecule has 0 N–H and O–H groups in total. The molecule has 1 unspecified atom stereocenters. The predicted octanol–water partition coefficient (Wildman–Crippen LogP) is 7.06. The van der Waals surface area contributed by atoms with E-state index in [2.05, 4.69) is 0 Å². The predicted molar refractivity (Wildman–Crippen MR) is 139 cm³/mol. The number of benzene rings is 3. The molecule has 42 heavy (non-hydrogen) atoms. The van der Waals surface area contributed by atoms with Crippen molar-refractivity contribution in [2.24, 2.45) is 0 Å². The van der Waals surface area contributed by atoms with Gasteiger partial charge in [-0.3, -0.25) is 20.2 Å². The van der Waals surface area contributed by atoms with Gasteiger partial charge in [-0.05, 0) is 35.9 Å². The number of esters is 1. The summed E-state index contributed by atoms with van der Waals surface area (Å²) in [4.78, 5) is 33.8. The summed E-state index contributed by atoms with van der Waals surface area (Å²) in [5, 5.41) is 22.4. The second-order valence-electron chi connectivity index (χ2n) is 9.77. The number of non-ortho nitro benzene ring substituents is 1. The summed E-state index contributed by atoms with van der Waals surface area (Å²) in [7, 11) is -1.95. The number of methoxy groups -OCH3 is 1. The Kier molecular flexibility index (Phi) is 9.00. The Hall–Kier alpha value is -4.47. The molecule has 3 aromatic carbocycles. The molecule has 0 fully saturated rings. The Morgan fingerprint density at radius 1 is 0.857 bits per heavy atom. The molecule has 0 heterocycles. The first-order valence-electron chi connectivity index (χ1n) is 11.9. The molecule has 3 aromatic rings. The highest BCUT2D eigenvalue weighted by atomic mass is 28.3. The Balaban J connectivity index is 2.09. The van der Waals surface area contributed by atoms with Crippen LogP contribution in [0.1, 0.15) is 33.2 Å². The largest absolute Gasteiger partial charge is 0.497 e. The summed E-state index contributed by atoms with van der Waals surface area (Å²) < 4.78 is 91.9. The van der Waals surface area contributed by atoms with Crippen LogP contribution in [-0.2, 0) is 17.1 Å². The minimum atomic E-state index is -5.07. The molecule has 0 bridgehead atoms. The molecule has 224 valence electrons. The number of hydrogen-bond donors (Lipinski definition) is 0. The van der Waals surface area contributed by atoms with Crippen LogP contribution < -0.4 is 9.92 Å². The summed E-state index contributed by atoms with van der Waals surface area (Å²) >= 11 is 0. The first kappa shape index (κ1) is 32.0. The van der Waals surface area contributed by atoms with Crippen molar-refractivity contribution in [3.63, 3.8) is 0 Å². The van der Waals surface area contributed by atoms with Crippen molar-refractivity contribution in [1.29, 1.82) is 0 Å². The molecule has 16 heteroatoms. The number of nitro groups is 2. The lowest BCUT2D eigenvalue weighted by Crippen LogP contribution is -2.44. The summed E-state index contributed by atoms with van der Waals surface area (Å²) in [6.07, 6.45) is -11.4. The van der Waals surface area contributed by atoms with Crippen LogP contribution >= 0.6 is 0 Å². The van der Waals surface area contributed by atoms with Crippen LogP contribution in [0.15, 0.2) is 60.7 Å². The van der Waals surface area contributed by atoms with Crippen LogP contribution in [0.5, 0.6) is 5.75 Å². The number of carbonyl (C=O) groups excluding carboxylic acids is 1. The summed E-state index contributed by atoms with van der Waals surface area (Å²) in [6.45, 7) is 2.97. The van der Waals surface area contributed by atoms with Gasteiger partial charge in [0.1, 0.15) is 17.4 Å². The monoisotopic (exact) mass is 616 g/mol. The molecular formula is C26H22F6N2O7Si. The second kappa shape index (κ2) is 11.8. The first-order valence-corrected chi connectivity index (χ1v) is 15.1. The smallest absolute Gasteiger partial charge is 0.416 e. The van der Waals surface area contributed by atoms with Gasteiger partial charge in [0, 0.05) is 6.07 Å². The van der Waals surface area contributed by atoms with Crippen LogP contribution in [0.3, 0.4) is 0 Å².